The van der Waals surface area contributed by atoms with E-state index in [1.165, 1.54) is 6.42 Å². The van der Waals surface area contributed by atoms with Crippen molar-refractivity contribution in [2.75, 3.05) is 0 Å². The predicted molar refractivity (Wildman–Crippen MR) is 84.1 cm³/mol. The molecule has 2 N–H and O–H groups in total. The molecule has 0 saturated heterocycles. The molecule has 0 spiro atoms. The molecule has 8 atom stereocenters. The van der Waals surface area contributed by atoms with Crippen molar-refractivity contribution in [3.63, 3.8) is 0 Å². The normalized spacial score (nSPS) is 57.9. The molecular weight excluding hydrogens is 276 g/mol. The molecule has 4 aliphatic rings. The van der Waals surface area contributed by atoms with Gasteiger partial charge in [0.2, 0.25) is 0 Å². The third-order valence-electron chi connectivity index (χ3n) is 8.45. The molecule has 0 bridgehead atoms. The molecule has 3 nitrogen and oxygen atoms in total. The van der Waals surface area contributed by atoms with E-state index in [4.69, 9.17) is 0 Å². The Balaban J connectivity index is 1.68. The third kappa shape index (κ3) is 1.84. The maximum absolute atomic E-state index is 11.9. The Morgan fingerprint density at radius 3 is 2.45 bits per heavy atom. The molecule has 0 aliphatic heterocycles. The molecule has 0 aromatic rings. The summed E-state index contributed by atoms with van der Waals surface area (Å²) in [4.78, 5) is 11.9. The summed E-state index contributed by atoms with van der Waals surface area (Å²) in [7, 11) is 0. The van der Waals surface area contributed by atoms with Crippen LogP contribution in [0.5, 0.6) is 0 Å². The average molecular weight is 306 g/mol. The Morgan fingerprint density at radius 2 is 1.68 bits per heavy atom. The van der Waals surface area contributed by atoms with E-state index in [0.717, 1.165) is 32.1 Å². The zero-order valence-electron chi connectivity index (χ0n) is 13.9. The minimum absolute atomic E-state index is 0.0641. The van der Waals surface area contributed by atoms with Crippen LogP contribution in [0.4, 0.5) is 0 Å². The van der Waals surface area contributed by atoms with Crippen molar-refractivity contribution in [3.05, 3.63) is 0 Å². The zero-order chi connectivity index (χ0) is 15.7. The molecule has 124 valence electrons. The highest BCUT2D eigenvalue weighted by molar-refractivity contribution is 5.79. The molecule has 0 radical (unpaired) electrons. The van der Waals surface area contributed by atoms with Gasteiger partial charge in [-0.1, -0.05) is 13.8 Å². The van der Waals surface area contributed by atoms with Crippen LogP contribution in [0, 0.1) is 34.5 Å². The zero-order valence-corrected chi connectivity index (χ0v) is 13.9. The van der Waals surface area contributed by atoms with Crippen LogP contribution >= 0.6 is 0 Å². The first-order valence-corrected chi connectivity index (χ1v) is 9.24. The molecule has 4 saturated carbocycles. The van der Waals surface area contributed by atoms with Crippen LogP contribution in [-0.4, -0.2) is 28.2 Å². The van der Waals surface area contributed by atoms with E-state index in [-0.39, 0.29) is 29.0 Å². The highest BCUT2D eigenvalue weighted by Gasteiger charge is 2.61. The second-order valence-electron chi connectivity index (χ2n) is 9.17. The summed E-state index contributed by atoms with van der Waals surface area (Å²) in [5.74, 6) is 2.26. The van der Waals surface area contributed by atoms with Crippen molar-refractivity contribution in [2.24, 2.45) is 34.5 Å². The van der Waals surface area contributed by atoms with Crippen LogP contribution in [0.1, 0.15) is 65.2 Å². The first-order valence-electron chi connectivity index (χ1n) is 9.24. The standard InChI is InChI=1S/C19H30O3/c1-18-7-5-11(20)9-15(18)16(21)10-12-13-3-4-17(22)19(13,2)8-6-14(12)18/h12-17,21-22H,3-10H2,1-2H3/t12?,13?,14?,15?,16?,17?,18-,19+/m1/s1. The van der Waals surface area contributed by atoms with Crippen LogP contribution in [0.15, 0.2) is 0 Å². The maximum atomic E-state index is 11.9. The number of Topliss-reactive ketones (excluding diaryl/α,β-unsaturated/α-hetero) is 1. The predicted octanol–water partition coefficient (Wildman–Crippen LogP) is 2.93. The second kappa shape index (κ2) is 4.80. The molecule has 0 aromatic heterocycles. The topological polar surface area (TPSA) is 57.5 Å². The molecule has 4 fully saturated rings. The number of hydrogen-bond donors (Lipinski definition) is 2. The van der Waals surface area contributed by atoms with Crippen molar-refractivity contribution in [1.29, 1.82) is 0 Å². The van der Waals surface area contributed by atoms with Crippen LogP contribution in [0.3, 0.4) is 0 Å². The SMILES string of the molecule is C[C@]12CCC(=O)CC1C(O)CC1C2CC[C@]2(C)C(O)CCC12. The second-order valence-corrected chi connectivity index (χ2v) is 9.17. The van der Waals surface area contributed by atoms with Crippen LogP contribution in [0.2, 0.25) is 0 Å². The van der Waals surface area contributed by atoms with E-state index in [2.05, 4.69) is 13.8 Å². The van der Waals surface area contributed by atoms with Gasteiger partial charge in [0.05, 0.1) is 12.2 Å². The Morgan fingerprint density at radius 1 is 0.955 bits per heavy atom. The number of fused-ring (bicyclic) bond motifs is 5. The summed E-state index contributed by atoms with van der Waals surface area (Å²) in [6, 6.07) is 0. The largest absolute Gasteiger partial charge is 0.393 e. The highest BCUT2D eigenvalue weighted by atomic mass is 16.3. The van der Waals surface area contributed by atoms with Gasteiger partial charge < -0.3 is 10.2 Å². The first kappa shape index (κ1) is 15.1. The number of carbonyl (C=O) groups excluding carboxylic acids is 1. The fourth-order valence-corrected chi connectivity index (χ4v) is 7.06. The third-order valence-corrected chi connectivity index (χ3v) is 8.45. The van der Waals surface area contributed by atoms with Gasteiger partial charge in [-0.05, 0) is 73.0 Å². The Kier molecular flexibility index (Phi) is 3.30. The van der Waals surface area contributed by atoms with Gasteiger partial charge in [0, 0.05) is 12.8 Å². The monoisotopic (exact) mass is 306 g/mol. The maximum Gasteiger partial charge on any atom is 0.133 e. The number of hydrogen-bond acceptors (Lipinski definition) is 3. The fourth-order valence-electron chi connectivity index (χ4n) is 7.06. The van der Waals surface area contributed by atoms with Gasteiger partial charge in [0.25, 0.3) is 0 Å². The van der Waals surface area contributed by atoms with Gasteiger partial charge in [-0.15, -0.1) is 0 Å². The first-order chi connectivity index (χ1) is 10.4. The molecule has 6 unspecified atom stereocenters. The lowest BCUT2D eigenvalue weighted by atomic mass is 9.44. The van der Waals surface area contributed by atoms with E-state index in [9.17, 15) is 15.0 Å². The number of ketones is 1. The summed E-state index contributed by atoms with van der Waals surface area (Å²) in [6.45, 7) is 4.62. The highest BCUT2D eigenvalue weighted by Crippen LogP contribution is 2.65. The van der Waals surface area contributed by atoms with Crippen molar-refractivity contribution in [1.82, 2.24) is 0 Å². The van der Waals surface area contributed by atoms with Crippen molar-refractivity contribution >= 4 is 5.78 Å². The number of rotatable bonds is 0. The molecule has 3 heteroatoms. The minimum Gasteiger partial charge on any atom is -0.393 e. The Labute approximate surface area is 133 Å². The molecule has 4 rings (SSSR count). The van der Waals surface area contributed by atoms with E-state index in [1.54, 1.807) is 0 Å². The minimum atomic E-state index is -0.324. The smallest absolute Gasteiger partial charge is 0.133 e. The Hall–Kier alpha value is -0.410. The Bertz CT molecular complexity index is 489. The van der Waals surface area contributed by atoms with E-state index in [0.29, 0.717) is 36.4 Å². The molecular formula is C19H30O3. The van der Waals surface area contributed by atoms with Gasteiger partial charge in [0.15, 0.2) is 0 Å². The van der Waals surface area contributed by atoms with Gasteiger partial charge in [0.1, 0.15) is 5.78 Å². The summed E-state index contributed by atoms with van der Waals surface area (Å²) >= 11 is 0. The lowest BCUT2D eigenvalue weighted by Crippen LogP contribution is -2.58. The van der Waals surface area contributed by atoms with E-state index < -0.39 is 0 Å². The summed E-state index contributed by atoms with van der Waals surface area (Å²) < 4.78 is 0. The fraction of sp³-hybridized carbons (Fsp3) is 0.947. The summed E-state index contributed by atoms with van der Waals surface area (Å²) in [6.07, 6.45) is 6.95. The number of aliphatic hydroxyl groups is 2. The average Bonchev–Trinajstić information content (AvgIpc) is 2.77. The van der Waals surface area contributed by atoms with Gasteiger partial charge in [-0.25, -0.2) is 0 Å². The number of aliphatic hydroxyl groups excluding tert-OH is 2. The van der Waals surface area contributed by atoms with E-state index in [1.807, 2.05) is 0 Å². The summed E-state index contributed by atoms with van der Waals surface area (Å²) in [5.41, 5.74) is 0.194. The molecule has 22 heavy (non-hydrogen) atoms. The molecule has 0 amide bonds. The summed E-state index contributed by atoms with van der Waals surface area (Å²) in [5, 5.41) is 21.2. The lowest BCUT2D eigenvalue weighted by Gasteiger charge is -2.61. The molecule has 0 heterocycles. The van der Waals surface area contributed by atoms with E-state index >= 15 is 0 Å². The van der Waals surface area contributed by atoms with Gasteiger partial charge in [-0.3, -0.25) is 4.79 Å². The van der Waals surface area contributed by atoms with Crippen LogP contribution in [-0.2, 0) is 4.79 Å². The van der Waals surface area contributed by atoms with Crippen molar-refractivity contribution in [3.8, 4) is 0 Å². The number of carbonyl (C=O) groups is 1. The molecule has 0 aromatic carbocycles. The van der Waals surface area contributed by atoms with Crippen LogP contribution < -0.4 is 0 Å². The van der Waals surface area contributed by atoms with Crippen molar-refractivity contribution in [2.45, 2.75) is 77.4 Å². The van der Waals surface area contributed by atoms with Gasteiger partial charge >= 0.3 is 0 Å². The quantitative estimate of drug-likeness (QED) is 0.723. The lowest BCUT2D eigenvalue weighted by molar-refractivity contribution is -0.168. The van der Waals surface area contributed by atoms with Crippen LogP contribution in [0.25, 0.3) is 0 Å². The van der Waals surface area contributed by atoms with Gasteiger partial charge in [-0.2, -0.15) is 0 Å². The van der Waals surface area contributed by atoms with Crippen molar-refractivity contribution < 1.29 is 15.0 Å². The molecule has 4 aliphatic carbocycles.